The van der Waals surface area contributed by atoms with Gasteiger partial charge in [-0.3, -0.25) is 0 Å². The molecule has 38 heavy (non-hydrogen) atoms. The van der Waals surface area contributed by atoms with Crippen molar-refractivity contribution < 1.29 is 9.47 Å². The predicted molar refractivity (Wildman–Crippen MR) is 149 cm³/mol. The van der Waals surface area contributed by atoms with Crippen LogP contribution in [-0.2, 0) is 6.61 Å². The number of benzene rings is 5. The molecule has 1 heterocycles. The number of hydrogen-bond acceptors (Lipinski definition) is 5. The van der Waals surface area contributed by atoms with E-state index in [2.05, 4.69) is 28.2 Å². The van der Waals surface area contributed by atoms with Crippen LogP contribution in [-0.4, -0.2) is 9.97 Å². The van der Waals surface area contributed by atoms with E-state index in [1.54, 1.807) is 18.3 Å². The summed E-state index contributed by atoms with van der Waals surface area (Å²) in [4.78, 5) is 8.57. The van der Waals surface area contributed by atoms with Gasteiger partial charge in [0, 0.05) is 17.1 Å². The summed E-state index contributed by atoms with van der Waals surface area (Å²) in [5.41, 5.74) is 3.90. The van der Waals surface area contributed by atoms with E-state index < -0.39 is 0 Å². The number of nitriles is 1. The Bertz CT molecular complexity index is 1830. The Morgan fingerprint density at radius 2 is 1.55 bits per heavy atom. The van der Waals surface area contributed by atoms with Gasteiger partial charge in [-0.15, -0.1) is 0 Å². The second kappa shape index (κ2) is 10.2. The van der Waals surface area contributed by atoms with Crippen LogP contribution in [0.3, 0.4) is 0 Å². The molecule has 0 N–H and O–H groups in total. The maximum Gasteiger partial charge on any atom is 0.222 e. The first-order valence-corrected chi connectivity index (χ1v) is 12.4. The van der Waals surface area contributed by atoms with Crippen LogP contribution in [0.5, 0.6) is 17.2 Å². The van der Waals surface area contributed by atoms with Gasteiger partial charge in [-0.1, -0.05) is 66.7 Å². The third-order valence-corrected chi connectivity index (χ3v) is 6.44. The van der Waals surface area contributed by atoms with Gasteiger partial charge in [0.2, 0.25) is 5.28 Å². The first-order chi connectivity index (χ1) is 18.7. The Labute approximate surface area is 224 Å². The van der Waals surface area contributed by atoms with E-state index in [0.717, 1.165) is 38.6 Å². The van der Waals surface area contributed by atoms with Gasteiger partial charge in [0.25, 0.3) is 0 Å². The molecule has 0 radical (unpaired) electrons. The van der Waals surface area contributed by atoms with Crippen molar-refractivity contribution in [3.05, 3.63) is 126 Å². The van der Waals surface area contributed by atoms with Crippen LogP contribution in [0.4, 0.5) is 0 Å². The standard InChI is InChI=1S/C32H20ClN3O2/c33-32-35-19-24-15-31(38-30-13-7-5-11-23(30)18-34)28(17-29(24)36-32)27-16-25(14-22-10-4-6-12-26(22)27)37-20-21-8-2-1-3-9-21/h1-17,19H,20H2. The maximum atomic E-state index is 9.63. The van der Waals surface area contributed by atoms with Crippen LogP contribution in [0.15, 0.2) is 109 Å². The molecule has 0 aliphatic carbocycles. The van der Waals surface area contributed by atoms with Crippen LogP contribution >= 0.6 is 11.6 Å². The average Bonchev–Trinajstić information content (AvgIpc) is 2.96. The molecule has 6 heteroatoms. The molecule has 0 aliphatic heterocycles. The fourth-order valence-electron chi connectivity index (χ4n) is 4.43. The van der Waals surface area contributed by atoms with Gasteiger partial charge in [-0.25, -0.2) is 9.97 Å². The van der Waals surface area contributed by atoms with Crippen molar-refractivity contribution in [3.8, 4) is 34.4 Å². The van der Waals surface area contributed by atoms with Crippen molar-refractivity contribution in [1.82, 2.24) is 9.97 Å². The molecule has 5 nitrogen and oxygen atoms in total. The smallest absolute Gasteiger partial charge is 0.222 e. The summed E-state index contributed by atoms with van der Waals surface area (Å²) in [6.07, 6.45) is 1.66. The van der Waals surface area contributed by atoms with E-state index in [0.29, 0.717) is 29.2 Å². The van der Waals surface area contributed by atoms with E-state index in [-0.39, 0.29) is 5.28 Å². The molecule has 1 aromatic heterocycles. The quantitative estimate of drug-likeness (QED) is 0.209. The molecule has 0 saturated heterocycles. The first-order valence-electron chi connectivity index (χ1n) is 12.0. The number of ether oxygens (including phenoxy) is 2. The average molecular weight is 514 g/mol. The lowest BCUT2D eigenvalue weighted by Gasteiger charge is -2.17. The summed E-state index contributed by atoms with van der Waals surface area (Å²) in [6.45, 7) is 0.443. The van der Waals surface area contributed by atoms with Crippen LogP contribution < -0.4 is 9.47 Å². The number of aromatic nitrogens is 2. The number of para-hydroxylation sites is 1. The number of hydrogen-bond donors (Lipinski definition) is 0. The summed E-state index contributed by atoms with van der Waals surface area (Å²) < 4.78 is 12.6. The van der Waals surface area contributed by atoms with Gasteiger partial charge in [-0.05, 0) is 69.9 Å². The summed E-state index contributed by atoms with van der Waals surface area (Å²) >= 11 is 6.14. The first kappa shape index (κ1) is 23.5. The molecular formula is C32H20ClN3O2. The molecule has 0 saturated carbocycles. The highest BCUT2D eigenvalue weighted by atomic mass is 35.5. The highest BCUT2D eigenvalue weighted by Gasteiger charge is 2.17. The minimum atomic E-state index is 0.164. The van der Waals surface area contributed by atoms with Gasteiger partial charge in [-0.2, -0.15) is 5.26 Å². The lowest BCUT2D eigenvalue weighted by atomic mass is 9.96. The van der Waals surface area contributed by atoms with Gasteiger partial charge in [0.1, 0.15) is 29.9 Å². The third-order valence-electron chi connectivity index (χ3n) is 6.25. The van der Waals surface area contributed by atoms with Crippen LogP contribution in [0.25, 0.3) is 32.8 Å². The van der Waals surface area contributed by atoms with Crippen molar-refractivity contribution in [1.29, 1.82) is 5.26 Å². The van der Waals surface area contributed by atoms with E-state index in [1.165, 1.54) is 0 Å². The molecule has 6 rings (SSSR count). The fourth-order valence-corrected chi connectivity index (χ4v) is 4.57. The number of halogens is 1. The minimum absolute atomic E-state index is 0.164. The molecule has 6 aromatic rings. The number of nitrogens with zero attached hydrogens (tertiary/aromatic N) is 3. The van der Waals surface area contributed by atoms with E-state index in [9.17, 15) is 5.26 Å². The lowest BCUT2D eigenvalue weighted by molar-refractivity contribution is 0.307. The maximum absolute atomic E-state index is 9.63. The molecule has 0 aliphatic rings. The molecule has 5 aromatic carbocycles. The number of fused-ring (bicyclic) bond motifs is 2. The summed E-state index contributed by atoms with van der Waals surface area (Å²) in [5, 5.41) is 12.6. The van der Waals surface area contributed by atoms with E-state index in [4.69, 9.17) is 21.1 Å². The van der Waals surface area contributed by atoms with Gasteiger partial charge >= 0.3 is 0 Å². The topological polar surface area (TPSA) is 68.0 Å². The molecule has 0 fully saturated rings. The Hall–Kier alpha value is -4.92. The Morgan fingerprint density at radius 3 is 2.42 bits per heavy atom. The lowest BCUT2D eigenvalue weighted by Crippen LogP contribution is -1.97. The van der Waals surface area contributed by atoms with Crippen molar-refractivity contribution >= 4 is 33.3 Å². The van der Waals surface area contributed by atoms with E-state index >= 15 is 0 Å². The zero-order valence-corrected chi connectivity index (χ0v) is 20.9. The zero-order chi connectivity index (χ0) is 25.9. The largest absolute Gasteiger partial charge is 0.489 e. The molecular weight excluding hydrogens is 494 g/mol. The third kappa shape index (κ3) is 4.73. The SMILES string of the molecule is N#Cc1ccccc1Oc1cc2cnc(Cl)nc2cc1-c1cc(OCc2ccccc2)cc2ccccc12. The van der Waals surface area contributed by atoms with Gasteiger partial charge in [0.05, 0.1) is 11.1 Å². The van der Waals surface area contributed by atoms with Gasteiger partial charge in [0.15, 0.2) is 0 Å². The highest BCUT2D eigenvalue weighted by molar-refractivity contribution is 6.28. The second-order valence-electron chi connectivity index (χ2n) is 8.72. The van der Waals surface area contributed by atoms with Crippen LogP contribution in [0, 0.1) is 11.3 Å². The molecule has 0 amide bonds. The summed E-state index contributed by atoms with van der Waals surface area (Å²) in [6, 6.07) is 35.4. The molecule has 0 atom stereocenters. The van der Waals surface area contributed by atoms with Crippen molar-refractivity contribution in [3.63, 3.8) is 0 Å². The number of rotatable bonds is 6. The molecule has 0 bridgehead atoms. The summed E-state index contributed by atoms with van der Waals surface area (Å²) in [7, 11) is 0. The molecule has 0 spiro atoms. The fraction of sp³-hybridized carbons (Fsp3) is 0.0312. The van der Waals surface area contributed by atoms with Crippen LogP contribution in [0.1, 0.15) is 11.1 Å². The molecule has 182 valence electrons. The summed E-state index contributed by atoms with van der Waals surface area (Å²) in [5.74, 6) is 1.76. The minimum Gasteiger partial charge on any atom is -0.489 e. The van der Waals surface area contributed by atoms with Crippen molar-refractivity contribution in [2.45, 2.75) is 6.61 Å². The Kier molecular flexibility index (Phi) is 6.31. The van der Waals surface area contributed by atoms with E-state index in [1.807, 2.05) is 78.9 Å². The Morgan fingerprint density at radius 1 is 0.763 bits per heavy atom. The second-order valence-corrected chi connectivity index (χ2v) is 9.06. The zero-order valence-electron chi connectivity index (χ0n) is 20.1. The normalized spacial score (nSPS) is 10.8. The monoisotopic (exact) mass is 513 g/mol. The van der Waals surface area contributed by atoms with Crippen molar-refractivity contribution in [2.24, 2.45) is 0 Å². The predicted octanol–water partition coefficient (Wildman–Crippen LogP) is 8.35. The van der Waals surface area contributed by atoms with Gasteiger partial charge < -0.3 is 9.47 Å². The molecule has 0 unspecified atom stereocenters. The Balaban J connectivity index is 1.54. The van der Waals surface area contributed by atoms with Crippen molar-refractivity contribution in [2.75, 3.05) is 0 Å². The highest BCUT2D eigenvalue weighted by Crippen LogP contribution is 2.42. The van der Waals surface area contributed by atoms with Crippen LogP contribution in [0.2, 0.25) is 5.28 Å².